The van der Waals surface area contributed by atoms with E-state index >= 15 is 0 Å². The number of carbonyl (C=O) groups excluding carboxylic acids is 2. The van der Waals surface area contributed by atoms with Gasteiger partial charge in [-0.05, 0) is 30.7 Å². The number of carbonyl (C=O) groups is 2. The van der Waals surface area contributed by atoms with E-state index in [0.717, 1.165) is 6.07 Å². The maximum atomic E-state index is 13.7. The first-order valence-corrected chi connectivity index (χ1v) is 8.59. The van der Waals surface area contributed by atoms with Gasteiger partial charge in [0.05, 0.1) is 17.5 Å². The number of fused-ring (bicyclic) bond motifs is 1. The fourth-order valence-electron chi connectivity index (χ4n) is 2.98. The molecule has 2 aliphatic rings. The highest BCUT2D eigenvalue weighted by molar-refractivity contribution is 6.03. The van der Waals surface area contributed by atoms with Crippen molar-refractivity contribution in [2.75, 3.05) is 23.8 Å². The van der Waals surface area contributed by atoms with Crippen molar-refractivity contribution in [1.82, 2.24) is 0 Å². The monoisotopic (exact) mass is 392 g/mol. The van der Waals surface area contributed by atoms with Gasteiger partial charge in [-0.25, -0.2) is 13.2 Å². The lowest BCUT2D eigenvalue weighted by atomic mass is 10.2. The molecular formula is C19H15F3N2O4. The summed E-state index contributed by atoms with van der Waals surface area (Å²) in [6, 6.07) is 6.60. The Hall–Kier alpha value is -3.23. The molecule has 2 atom stereocenters. The average molecular weight is 392 g/mol. The van der Waals surface area contributed by atoms with Gasteiger partial charge in [0.15, 0.2) is 29.0 Å². The summed E-state index contributed by atoms with van der Waals surface area (Å²) >= 11 is 0. The minimum absolute atomic E-state index is 0.271. The number of ether oxygens (including phenoxy) is 2. The number of amides is 2. The van der Waals surface area contributed by atoms with E-state index in [0.29, 0.717) is 36.5 Å². The van der Waals surface area contributed by atoms with Crippen molar-refractivity contribution in [1.29, 1.82) is 0 Å². The molecule has 4 rings (SSSR count). The topological polar surface area (TPSA) is 76.7 Å². The molecule has 6 nitrogen and oxygen atoms in total. The molecule has 1 fully saturated rings. The van der Waals surface area contributed by atoms with Crippen LogP contribution in [0.1, 0.15) is 6.42 Å². The maximum Gasteiger partial charge on any atom is 0.228 e. The second-order valence-corrected chi connectivity index (χ2v) is 6.51. The molecule has 2 aromatic carbocycles. The van der Waals surface area contributed by atoms with Crippen LogP contribution in [0.3, 0.4) is 0 Å². The molecule has 0 radical (unpaired) electrons. The van der Waals surface area contributed by atoms with Gasteiger partial charge in [-0.15, -0.1) is 0 Å². The molecule has 1 heterocycles. The van der Waals surface area contributed by atoms with Crippen LogP contribution in [0.15, 0.2) is 30.3 Å². The molecular weight excluding hydrogens is 377 g/mol. The summed E-state index contributed by atoms with van der Waals surface area (Å²) < 4.78 is 50.7. The molecule has 2 unspecified atom stereocenters. The molecule has 2 N–H and O–H groups in total. The zero-order valence-electron chi connectivity index (χ0n) is 14.4. The standard InChI is InChI=1S/C19H15F3N2O4/c20-12-2-3-13(17(22)16(12)21)24-19(26)11-8-10(11)18(25)23-9-1-4-14-15(7-9)28-6-5-27-14/h1-4,7,10-11H,5-6,8H2,(H,23,25)(H,24,26). The summed E-state index contributed by atoms with van der Waals surface area (Å²) in [5, 5.41) is 4.89. The van der Waals surface area contributed by atoms with Crippen LogP contribution < -0.4 is 20.1 Å². The normalized spacial score (nSPS) is 19.7. The fraction of sp³-hybridized carbons (Fsp3) is 0.263. The zero-order chi connectivity index (χ0) is 19.8. The van der Waals surface area contributed by atoms with Crippen molar-refractivity contribution >= 4 is 23.2 Å². The summed E-state index contributed by atoms with van der Waals surface area (Å²) in [5.41, 5.74) is 0.0220. The molecule has 1 aliphatic heterocycles. The highest BCUT2D eigenvalue weighted by Crippen LogP contribution is 2.41. The molecule has 1 saturated carbocycles. The van der Waals surface area contributed by atoms with Gasteiger partial charge in [0.25, 0.3) is 0 Å². The van der Waals surface area contributed by atoms with Crippen molar-refractivity contribution in [2.45, 2.75) is 6.42 Å². The number of nitrogens with one attached hydrogen (secondary N) is 2. The van der Waals surface area contributed by atoms with Crippen molar-refractivity contribution in [2.24, 2.45) is 11.8 Å². The van der Waals surface area contributed by atoms with Gasteiger partial charge in [-0.3, -0.25) is 9.59 Å². The quantitative estimate of drug-likeness (QED) is 0.784. The lowest BCUT2D eigenvalue weighted by Crippen LogP contribution is -2.21. The van der Waals surface area contributed by atoms with Crippen LogP contribution in [0.2, 0.25) is 0 Å². The Balaban J connectivity index is 1.36. The Labute approximate surface area is 157 Å². The zero-order valence-corrected chi connectivity index (χ0v) is 14.4. The van der Waals surface area contributed by atoms with Gasteiger partial charge in [0.1, 0.15) is 13.2 Å². The van der Waals surface area contributed by atoms with E-state index in [1.54, 1.807) is 18.2 Å². The van der Waals surface area contributed by atoms with E-state index in [-0.39, 0.29) is 12.3 Å². The van der Waals surface area contributed by atoms with Crippen LogP contribution in [0.25, 0.3) is 0 Å². The van der Waals surface area contributed by atoms with Gasteiger partial charge < -0.3 is 20.1 Å². The van der Waals surface area contributed by atoms with Crippen LogP contribution in [-0.4, -0.2) is 25.0 Å². The Morgan fingerprint density at radius 3 is 2.29 bits per heavy atom. The Morgan fingerprint density at radius 2 is 1.54 bits per heavy atom. The minimum atomic E-state index is -1.67. The third-order valence-corrected chi connectivity index (χ3v) is 4.57. The molecule has 0 aromatic heterocycles. The smallest absolute Gasteiger partial charge is 0.228 e. The van der Waals surface area contributed by atoms with Crippen molar-refractivity contribution in [3.63, 3.8) is 0 Å². The number of rotatable bonds is 4. The lowest BCUT2D eigenvalue weighted by molar-refractivity contribution is -0.122. The van der Waals surface area contributed by atoms with Crippen molar-refractivity contribution < 1.29 is 32.2 Å². The predicted octanol–water partition coefficient (Wildman–Crippen LogP) is 3.09. The third-order valence-electron chi connectivity index (χ3n) is 4.57. The van der Waals surface area contributed by atoms with Gasteiger partial charge in [-0.1, -0.05) is 0 Å². The molecule has 2 amide bonds. The Morgan fingerprint density at radius 1 is 0.857 bits per heavy atom. The minimum Gasteiger partial charge on any atom is -0.486 e. The van der Waals surface area contributed by atoms with Crippen LogP contribution >= 0.6 is 0 Å². The molecule has 0 spiro atoms. The van der Waals surface area contributed by atoms with E-state index in [4.69, 9.17) is 9.47 Å². The van der Waals surface area contributed by atoms with Crippen molar-refractivity contribution in [3.8, 4) is 11.5 Å². The van der Waals surface area contributed by atoms with E-state index in [1.807, 2.05) is 0 Å². The van der Waals surface area contributed by atoms with Crippen molar-refractivity contribution in [3.05, 3.63) is 47.8 Å². The van der Waals surface area contributed by atoms with E-state index < -0.39 is 40.9 Å². The highest BCUT2D eigenvalue weighted by Gasteiger charge is 2.48. The molecule has 2 aromatic rings. The number of halogens is 3. The average Bonchev–Trinajstić information content (AvgIpc) is 3.49. The molecule has 0 saturated heterocycles. The maximum absolute atomic E-state index is 13.7. The van der Waals surface area contributed by atoms with Crippen LogP contribution in [0, 0.1) is 29.3 Å². The van der Waals surface area contributed by atoms with E-state index in [2.05, 4.69) is 10.6 Å². The largest absolute Gasteiger partial charge is 0.486 e. The molecule has 28 heavy (non-hydrogen) atoms. The van der Waals surface area contributed by atoms with Crippen LogP contribution in [0.4, 0.5) is 24.5 Å². The van der Waals surface area contributed by atoms with E-state index in [1.165, 1.54) is 0 Å². The Bertz CT molecular complexity index is 966. The first-order chi connectivity index (χ1) is 13.4. The lowest BCUT2D eigenvalue weighted by Gasteiger charge is -2.19. The third kappa shape index (κ3) is 3.47. The fourth-order valence-corrected chi connectivity index (χ4v) is 2.98. The van der Waals surface area contributed by atoms with Crippen LogP contribution in [0.5, 0.6) is 11.5 Å². The molecule has 146 valence electrons. The van der Waals surface area contributed by atoms with Crippen LogP contribution in [-0.2, 0) is 9.59 Å². The highest BCUT2D eigenvalue weighted by atomic mass is 19.2. The van der Waals surface area contributed by atoms with Gasteiger partial charge in [0, 0.05) is 11.8 Å². The van der Waals surface area contributed by atoms with Gasteiger partial charge in [-0.2, -0.15) is 0 Å². The summed E-state index contributed by atoms with van der Waals surface area (Å²) in [4.78, 5) is 24.5. The molecule has 1 aliphatic carbocycles. The summed E-state index contributed by atoms with van der Waals surface area (Å²) in [6.45, 7) is 0.867. The number of benzene rings is 2. The second-order valence-electron chi connectivity index (χ2n) is 6.51. The van der Waals surface area contributed by atoms with Gasteiger partial charge in [0.2, 0.25) is 11.8 Å². The summed E-state index contributed by atoms with van der Waals surface area (Å²) in [7, 11) is 0. The predicted molar refractivity (Wildman–Crippen MR) is 92.6 cm³/mol. The number of hydrogen-bond donors (Lipinski definition) is 2. The first kappa shape index (κ1) is 18.1. The summed E-state index contributed by atoms with van der Waals surface area (Å²) in [5.74, 6) is -5.67. The van der Waals surface area contributed by atoms with E-state index in [9.17, 15) is 22.8 Å². The second kappa shape index (κ2) is 7.06. The number of anilines is 2. The summed E-state index contributed by atoms with van der Waals surface area (Å²) in [6.07, 6.45) is 0.271. The SMILES string of the molecule is O=C(Nc1ccc2c(c1)OCCO2)C1CC1C(=O)Nc1ccc(F)c(F)c1F. The molecule has 0 bridgehead atoms. The Kier molecular flexibility index (Phi) is 4.58. The first-order valence-electron chi connectivity index (χ1n) is 8.59. The number of hydrogen-bond acceptors (Lipinski definition) is 4. The molecule has 9 heteroatoms. The van der Waals surface area contributed by atoms with Gasteiger partial charge >= 0.3 is 0 Å².